The number of phenolic OH excluding ortho intramolecular Hbond substituents is 1. The summed E-state index contributed by atoms with van der Waals surface area (Å²) >= 11 is 0. The number of aromatic hydroxyl groups is 1. The first-order valence-corrected chi connectivity index (χ1v) is 8.95. The van der Waals surface area contributed by atoms with Gasteiger partial charge in [0.15, 0.2) is 23.0 Å². The van der Waals surface area contributed by atoms with Crippen LogP contribution in [0, 0.1) is 6.92 Å². The zero-order chi connectivity index (χ0) is 18.4. The predicted molar refractivity (Wildman–Crippen MR) is 99.5 cm³/mol. The van der Waals surface area contributed by atoms with Crippen molar-refractivity contribution < 1.29 is 19.3 Å². The van der Waals surface area contributed by atoms with Crippen LogP contribution in [0.15, 0.2) is 18.2 Å². The summed E-state index contributed by atoms with van der Waals surface area (Å²) in [4.78, 5) is 2.48. The average Bonchev–Trinajstić information content (AvgIpc) is 2.65. The van der Waals surface area contributed by atoms with Crippen LogP contribution in [0.2, 0.25) is 0 Å². The molecule has 0 fully saturated rings. The number of hydrogen-bond donors (Lipinski definition) is 1. The van der Waals surface area contributed by atoms with Crippen LogP contribution in [0.5, 0.6) is 23.0 Å². The predicted octanol–water partition coefficient (Wildman–Crippen LogP) is 3.38. The van der Waals surface area contributed by atoms with Crippen LogP contribution in [0.4, 0.5) is 0 Å². The van der Waals surface area contributed by atoms with Crippen molar-refractivity contribution >= 4 is 0 Å². The van der Waals surface area contributed by atoms with E-state index in [1.807, 2.05) is 6.07 Å². The second-order valence-electron chi connectivity index (χ2n) is 7.01. The number of fused-ring (bicyclic) bond motifs is 4. The highest BCUT2D eigenvalue weighted by Crippen LogP contribution is 2.47. The number of ether oxygens (including phenoxy) is 3. The van der Waals surface area contributed by atoms with Crippen LogP contribution >= 0.6 is 0 Å². The van der Waals surface area contributed by atoms with E-state index >= 15 is 0 Å². The summed E-state index contributed by atoms with van der Waals surface area (Å²) in [6.45, 7) is 3.88. The number of nitrogens with zero attached hydrogens (tertiary/aromatic N) is 1. The summed E-state index contributed by atoms with van der Waals surface area (Å²) in [6, 6.07) is 6.19. The van der Waals surface area contributed by atoms with E-state index in [2.05, 4.69) is 17.9 Å². The smallest absolute Gasteiger partial charge is 0.165 e. The fraction of sp³-hybridized carbons (Fsp3) is 0.429. The molecule has 138 valence electrons. The Morgan fingerprint density at radius 1 is 1.04 bits per heavy atom. The van der Waals surface area contributed by atoms with Gasteiger partial charge >= 0.3 is 0 Å². The Hall–Kier alpha value is -2.40. The third-order valence-corrected chi connectivity index (χ3v) is 5.80. The number of hydrogen-bond acceptors (Lipinski definition) is 5. The fourth-order valence-corrected chi connectivity index (χ4v) is 4.61. The van der Waals surface area contributed by atoms with Gasteiger partial charge in [0.2, 0.25) is 0 Å². The molecule has 0 aromatic heterocycles. The van der Waals surface area contributed by atoms with Gasteiger partial charge in [0.25, 0.3) is 0 Å². The van der Waals surface area contributed by atoms with E-state index in [-0.39, 0.29) is 5.75 Å². The maximum atomic E-state index is 10.1. The molecule has 5 nitrogen and oxygen atoms in total. The first-order valence-electron chi connectivity index (χ1n) is 8.95. The lowest BCUT2D eigenvalue weighted by atomic mass is 9.81. The monoisotopic (exact) mass is 355 g/mol. The molecule has 1 N–H and O–H groups in total. The van der Waals surface area contributed by atoms with Crippen LogP contribution in [0.25, 0.3) is 0 Å². The van der Waals surface area contributed by atoms with Gasteiger partial charge in [-0.05, 0) is 54.2 Å². The third-order valence-electron chi connectivity index (χ3n) is 5.80. The molecule has 5 heteroatoms. The van der Waals surface area contributed by atoms with Crippen LogP contribution in [-0.2, 0) is 19.4 Å². The molecule has 2 aliphatic rings. The van der Waals surface area contributed by atoms with Crippen molar-refractivity contribution in [2.45, 2.75) is 32.4 Å². The summed E-state index contributed by atoms with van der Waals surface area (Å²) in [5, 5.41) is 10.1. The van der Waals surface area contributed by atoms with Crippen molar-refractivity contribution in [2.75, 3.05) is 27.9 Å². The van der Waals surface area contributed by atoms with Gasteiger partial charge in [0.05, 0.1) is 21.3 Å². The molecule has 26 heavy (non-hydrogen) atoms. The van der Waals surface area contributed by atoms with Gasteiger partial charge in [0, 0.05) is 24.7 Å². The molecule has 0 spiro atoms. The van der Waals surface area contributed by atoms with Crippen molar-refractivity contribution in [2.24, 2.45) is 0 Å². The number of rotatable bonds is 3. The maximum Gasteiger partial charge on any atom is 0.165 e. The van der Waals surface area contributed by atoms with Crippen LogP contribution < -0.4 is 14.2 Å². The van der Waals surface area contributed by atoms with Gasteiger partial charge in [-0.25, -0.2) is 0 Å². The minimum absolute atomic E-state index is 0.213. The summed E-state index contributed by atoms with van der Waals surface area (Å²) in [7, 11) is 5.00. The van der Waals surface area contributed by atoms with Crippen molar-refractivity contribution in [1.82, 2.24) is 4.90 Å². The molecule has 2 aliphatic heterocycles. The SMILES string of the molecule is COc1cc2c(c(C)c1OC)[C@@H]1Cc3ccc(O)c(OC)c3CN1CC2. The van der Waals surface area contributed by atoms with Crippen molar-refractivity contribution in [3.8, 4) is 23.0 Å². The van der Waals surface area contributed by atoms with Gasteiger partial charge in [-0.3, -0.25) is 4.90 Å². The van der Waals surface area contributed by atoms with Crippen LogP contribution in [-0.4, -0.2) is 37.9 Å². The Bertz CT molecular complexity index is 862. The van der Waals surface area contributed by atoms with Gasteiger partial charge in [0.1, 0.15) is 0 Å². The highest BCUT2D eigenvalue weighted by molar-refractivity contribution is 5.58. The Labute approximate surface area is 154 Å². The van der Waals surface area contributed by atoms with Gasteiger partial charge in [-0.1, -0.05) is 6.07 Å². The van der Waals surface area contributed by atoms with Crippen molar-refractivity contribution in [1.29, 1.82) is 0 Å². The molecule has 0 radical (unpaired) electrons. The highest BCUT2D eigenvalue weighted by atomic mass is 16.5. The summed E-state index contributed by atoms with van der Waals surface area (Å²) < 4.78 is 16.6. The molecule has 0 unspecified atom stereocenters. The molecule has 0 saturated heterocycles. The molecule has 0 bridgehead atoms. The Kier molecular flexibility index (Phi) is 4.19. The quantitative estimate of drug-likeness (QED) is 0.915. The first kappa shape index (κ1) is 17.0. The first-order chi connectivity index (χ1) is 12.6. The van der Waals surface area contributed by atoms with Crippen LogP contribution in [0.3, 0.4) is 0 Å². The highest BCUT2D eigenvalue weighted by Gasteiger charge is 2.36. The zero-order valence-electron chi connectivity index (χ0n) is 15.8. The zero-order valence-corrected chi connectivity index (χ0v) is 15.8. The molecular weight excluding hydrogens is 330 g/mol. The maximum absolute atomic E-state index is 10.1. The molecule has 0 amide bonds. The summed E-state index contributed by atoms with van der Waals surface area (Å²) in [5.74, 6) is 2.45. The Balaban J connectivity index is 1.82. The number of methoxy groups -OCH3 is 3. The second-order valence-corrected chi connectivity index (χ2v) is 7.01. The summed E-state index contributed by atoms with van der Waals surface area (Å²) in [5.41, 5.74) is 6.20. The van der Waals surface area contributed by atoms with E-state index < -0.39 is 0 Å². The van der Waals surface area contributed by atoms with Gasteiger partial charge in [-0.2, -0.15) is 0 Å². The molecule has 2 aromatic carbocycles. The molecule has 0 saturated carbocycles. The lowest BCUT2D eigenvalue weighted by Crippen LogP contribution is -2.40. The Morgan fingerprint density at radius 2 is 1.81 bits per heavy atom. The molecule has 4 rings (SSSR count). The topological polar surface area (TPSA) is 51.2 Å². The second kappa shape index (κ2) is 6.40. The minimum Gasteiger partial charge on any atom is -0.504 e. The fourth-order valence-electron chi connectivity index (χ4n) is 4.61. The number of benzene rings is 2. The van der Waals surface area contributed by atoms with Gasteiger partial charge < -0.3 is 19.3 Å². The summed E-state index contributed by atoms with van der Waals surface area (Å²) in [6.07, 6.45) is 1.87. The van der Waals surface area contributed by atoms with Crippen LogP contribution in [0.1, 0.15) is 33.9 Å². The van der Waals surface area contributed by atoms with Gasteiger partial charge in [-0.15, -0.1) is 0 Å². The minimum atomic E-state index is 0.213. The number of phenols is 1. The van der Waals surface area contributed by atoms with Crippen molar-refractivity contribution in [3.05, 3.63) is 46.0 Å². The van der Waals surface area contributed by atoms with E-state index in [1.165, 1.54) is 16.7 Å². The van der Waals surface area contributed by atoms with Crippen molar-refractivity contribution in [3.63, 3.8) is 0 Å². The van der Waals surface area contributed by atoms with E-state index in [0.29, 0.717) is 11.8 Å². The molecule has 2 heterocycles. The lowest BCUT2D eigenvalue weighted by Gasteiger charge is -2.42. The molecule has 0 aliphatic carbocycles. The van der Waals surface area contributed by atoms with E-state index in [4.69, 9.17) is 14.2 Å². The van der Waals surface area contributed by atoms with E-state index in [9.17, 15) is 5.11 Å². The average molecular weight is 355 g/mol. The third kappa shape index (κ3) is 2.42. The van der Waals surface area contributed by atoms with E-state index in [0.717, 1.165) is 48.6 Å². The van der Waals surface area contributed by atoms with E-state index in [1.54, 1.807) is 27.4 Å². The normalized spacial score (nSPS) is 18.5. The lowest BCUT2D eigenvalue weighted by molar-refractivity contribution is 0.156. The molecular formula is C21H25NO4. The molecule has 1 atom stereocenters. The largest absolute Gasteiger partial charge is 0.504 e. The molecule has 2 aromatic rings. The Morgan fingerprint density at radius 3 is 2.50 bits per heavy atom. The standard InChI is InChI=1S/C21H25NO4/c1-12-19-14(10-18(24-2)20(12)25-3)7-8-22-11-15-13(9-16(19)22)5-6-17(23)21(15)26-4/h5-6,10,16,23H,7-9,11H2,1-4H3/t16-/m0/s1.